The highest BCUT2D eigenvalue weighted by molar-refractivity contribution is 6.00. The Morgan fingerprint density at radius 2 is 1.80 bits per heavy atom. The molecule has 0 aliphatic carbocycles. The van der Waals surface area contributed by atoms with E-state index in [0.29, 0.717) is 36.0 Å². The molecule has 0 radical (unpaired) electrons. The smallest absolute Gasteiger partial charge is 0.373 e. The number of aliphatic hydroxyl groups is 1. The summed E-state index contributed by atoms with van der Waals surface area (Å²) in [5.74, 6) is -1.40. The summed E-state index contributed by atoms with van der Waals surface area (Å²) in [4.78, 5) is 59.7. The van der Waals surface area contributed by atoms with E-state index in [4.69, 9.17) is 39.4 Å². The molecule has 2 aromatic heterocycles. The molecule has 0 fully saturated rings. The van der Waals surface area contributed by atoms with Crippen LogP contribution in [-0.4, -0.2) is 98.7 Å². The Kier molecular flexibility index (Phi) is 14.8. The monoisotopic (exact) mass is 677 g/mol. The van der Waals surface area contributed by atoms with Crippen LogP contribution in [0.4, 0.5) is 5.69 Å². The fourth-order valence-corrected chi connectivity index (χ4v) is 4.39. The lowest BCUT2D eigenvalue weighted by atomic mass is 10.0. The van der Waals surface area contributed by atoms with Gasteiger partial charge >= 0.3 is 18.1 Å². The van der Waals surface area contributed by atoms with Crippen LogP contribution < -0.4 is 14.8 Å². The molecule has 0 aliphatic heterocycles. The van der Waals surface area contributed by atoms with Crippen molar-refractivity contribution in [3.63, 3.8) is 0 Å². The Morgan fingerprint density at radius 3 is 2.37 bits per heavy atom. The number of likely N-dealkylation sites (N-methyl/N-ethyl adjacent to an activating group) is 1. The van der Waals surface area contributed by atoms with Crippen LogP contribution in [0.2, 0.25) is 0 Å². The lowest BCUT2D eigenvalue weighted by Gasteiger charge is -2.17. The number of carbonyl (C=O) groups excluding carboxylic acids is 3. The number of methoxy groups -OCH3 is 1. The van der Waals surface area contributed by atoms with Gasteiger partial charge in [-0.2, -0.15) is 9.59 Å². The number of para-hydroxylation sites is 1. The zero-order valence-corrected chi connectivity index (χ0v) is 27.8. The molecule has 2 heterocycles. The molecule has 1 unspecified atom stereocenters. The van der Waals surface area contributed by atoms with Gasteiger partial charge in [-0.25, -0.2) is 14.8 Å². The van der Waals surface area contributed by atoms with Crippen molar-refractivity contribution in [1.29, 1.82) is 0 Å². The van der Waals surface area contributed by atoms with Crippen molar-refractivity contribution < 1.29 is 48.8 Å². The van der Waals surface area contributed by atoms with Crippen molar-refractivity contribution in [3.8, 4) is 22.8 Å². The van der Waals surface area contributed by atoms with Crippen molar-refractivity contribution in [1.82, 2.24) is 19.4 Å². The van der Waals surface area contributed by atoms with Crippen LogP contribution >= 0.6 is 0 Å². The summed E-state index contributed by atoms with van der Waals surface area (Å²) in [6.07, 6.45) is 4.95. The average Bonchev–Trinajstić information content (AvgIpc) is 3.38. The zero-order chi connectivity index (χ0) is 36.7. The topological polar surface area (TPSA) is 210 Å². The summed E-state index contributed by atoms with van der Waals surface area (Å²) in [5, 5.41) is 29.0. The fraction of sp³-hybridized carbons (Fsp3) is 0.294. The van der Waals surface area contributed by atoms with E-state index in [1.807, 2.05) is 50.3 Å². The van der Waals surface area contributed by atoms with Crippen molar-refractivity contribution in [3.05, 3.63) is 78.9 Å². The molecule has 0 aliphatic rings. The number of aliphatic carboxylic acids is 2. The van der Waals surface area contributed by atoms with Gasteiger partial charge in [-0.15, -0.1) is 0 Å². The maximum absolute atomic E-state index is 12.1. The summed E-state index contributed by atoms with van der Waals surface area (Å²) >= 11 is 0. The van der Waals surface area contributed by atoms with Crippen LogP contribution in [0, 0.1) is 0 Å². The number of benzene rings is 2. The van der Waals surface area contributed by atoms with Gasteiger partial charge in [0.25, 0.3) is 0 Å². The molecule has 49 heavy (non-hydrogen) atoms. The number of aromatic nitrogens is 3. The Balaban J connectivity index is 0.000000546. The van der Waals surface area contributed by atoms with Gasteiger partial charge in [-0.3, -0.25) is 9.59 Å². The summed E-state index contributed by atoms with van der Waals surface area (Å²) in [6.45, 7) is 5.68. The largest absolute Gasteiger partial charge is 0.496 e. The number of nitrogens with zero attached hydrogens (tertiary/aromatic N) is 4. The average molecular weight is 678 g/mol. The van der Waals surface area contributed by atoms with Crippen LogP contribution in [0.1, 0.15) is 24.7 Å². The van der Waals surface area contributed by atoms with Gasteiger partial charge in [0.2, 0.25) is 5.91 Å². The molecule has 0 saturated heterocycles. The SMILES string of the molecule is C=CC(=O)Nc1cc(Cc2nccc(-c3cn(C)c4ccccc34)n2)c(OC)cc1OCCN(C)C.CC(O)(CC(=O)O)C(=O)O.O=C=O. The molecule has 0 spiro atoms. The van der Waals surface area contributed by atoms with Gasteiger partial charge in [0.1, 0.15) is 23.9 Å². The minimum absolute atomic E-state index is 0.250. The molecule has 4 aromatic rings. The molecule has 15 heteroatoms. The number of carboxylic acids is 2. The van der Waals surface area contributed by atoms with Crippen molar-refractivity contribution in [2.24, 2.45) is 7.05 Å². The van der Waals surface area contributed by atoms with Crippen LogP contribution in [0.3, 0.4) is 0 Å². The third-order valence-electron chi connectivity index (χ3n) is 6.81. The maximum atomic E-state index is 12.1. The number of hydrogen-bond donors (Lipinski definition) is 4. The molecule has 0 bridgehead atoms. The molecular formula is C34H39N5O10. The first-order valence-corrected chi connectivity index (χ1v) is 14.6. The number of carbonyl (C=O) groups is 3. The number of amides is 1. The van der Waals surface area contributed by atoms with E-state index in [-0.39, 0.29) is 12.1 Å². The van der Waals surface area contributed by atoms with Gasteiger partial charge in [0, 0.05) is 60.5 Å². The first-order chi connectivity index (χ1) is 23.2. The standard InChI is InChI=1S/C28H31N5O3.C5H8O5.CO2/c1-6-28(34)31-23-15-19(25(35-5)17-26(23)36-14-13-32(2)3)16-27-29-12-11-22(30-27)21-18-33(4)24-10-8-7-9-20(21)24;1-5(10,4(8)9)2-3(6)7;2-1-3/h6-12,15,17-18H,1,13-14,16H2,2-5H3,(H,31,34);10H,2H2,1H3,(H,6,7)(H,8,9);. The van der Waals surface area contributed by atoms with E-state index in [0.717, 1.165) is 41.2 Å². The van der Waals surface area contributed by atoms with E-state index >= 15 is 0 Å². The van der Waals surface area contributed by atoms with E-state index < -0.39 is 24.0 Å². The number of rotatable bonds is 13. The third-order valence-corrected chi connectivity index (χ3v) is 6.81. The predicted octanol–water partition coefficient (Wildman–Crippen LogP) is 3.01. The number of hydrogen-bond acceptors (Lipinski definition) is 11. The van der Waals surface area contributed by atoms with Gasteiger partial charge in [0.05, 0.1) is 24.9 Å². The Labute approximate surface area is 282 Å². The molecule has 15 nitrogen and oxygen atoms in total. The highest BCUT2D eigenvalue weighted by Crippen LogP contribution is 2.35. The maximum Gasteiger partial charge on any atom is 0.373 e. The Bertz CT molecular complexity index is 1810. The second-order valence-corrected chi connectivity index (χ2v) is 10.9. The fourth-order valence-electron chi connectivity index (χ4n) is 4.39. The summed E-state index contributed by atoms with van der Waals surface area (Å²) < 4.78 is 13.7. The number of carboxylic acid groups (broad SMARTS) is 2. The van der Waals surface area contributed by atoms with Gasteiger partial charge < -0.3 is 39.6 Å². The second kappa shape index (κ2) is 18.4. The van der Waals surface area contributed by atoms with E-state index in [1.54, 1.807) is 19.4 Å². The second-order valence-electron chi connectivity index (χ2n) is 10.9. The predicted molar refractivity (Wildman–Crippen MR) is 178 cm³/mol. The number of anilines is 1. The van der Waals surface area contributed by atoms with Crippen molar-refractivity contribution in [2.75, 3.05) is 39.7 Å². The van der Waals surface area contributed by atoms with Crippen molar-refractivity contribution >= 4 is 40.6 Å². The number of ether oxygens (including phenoxy) is 2. The van der Waals surface area contributed by atoms with Crippen molar-refractivity contribution in [2.45, 2.75) is 25.4 Å². The molecule has 260 valence electrons. The molecule has 2 aromatic carbocycles. The molecule has 1 amide bonds. The van der Waals surface area contributed by atoms with E-state index in [9.17, 15) is 14.4 Å². The van der Waals surface area contributed by atoms with Gasteiger partial charge in [-0.05, 0) is 45.3 Å². The molecule has 0 saturated carbocycles. The quantitative estimate of drug-likeness (QED) is 0.150. The first kappa shape index (κ1) is 39.3. The van der Waals surface area contributed by atoms with Crippen LogP contribution in [0.15, 0.2) is 67.5 Å². The lowest BCUT2D eigenvalue weighted by molar-refractivity contribution is -0.191. The van der Waals surface area contributed by atoms with Crippen LogP contribution in [-0.2, 0) is 37.4 Å². The van der Waals surface area contributed by atoms with Crippen LogP contribution in [0.25, 0.3) is 22.2 Å². The molecule has 1 atom stereocenters. The summed E-state index contributed by atoms with van der Waals surface area (Å²) in [7, 11) is 7.58. The highest BCUT2D eigenvalue weighted by Gasteiger charge is 2.32. The van der Waals surface area contributed by atoms with E-state index in [2.05, 4.69) is 39.8 Å². The molecular weight excluding hydrogens is 638 g/mol. The molecule has 4 rings (SSSR count). The molecule has 4 N–H and O–H groups in total. The summed E-state index contributed by atoms with van der Waals surface area (Å²) in [6, 6.07) is 13.8. The minimum Gasteiger partial charge on any atom is -0.496 e. The highest BCUT2D eigenvalue weighted by atomic mass is 16.5. The minimum atomic E-state index is -2.16. The first-order valence-electron chi connectivity index (χ1n) is 14.6. The lowest BCUT2D eigenvalue weighted by Crippen LogP contribution is -2.37. The van der Waals surface area contributed by atoms with E-state index in [1.165, 1.54) is 6.08 Å². The third kappa shape index (κ3) is 11.7. The zero-order valence-electron chi connectivity index (χ0n) is 27.8. The van der Waals surface area contributed by atoms with Gasteiger partial charge in [0.15, 0.2) is 5.60 Å². The van der Waals surface area contributed by atoms with Gasteiger partial charge in [-0.1, -0.05) is 24.8 Å². The number of fused-ring (bicyclic) bond motifs is 1. The number of nitrogens with one attached hydrogen (secondary N) is 1. The normalized spacial score (nSPS) is 11.5. The summed E-state index contributed by atoms with van der Waals surface area (Å²) in [5.41, 5.74) is 2.24. The van der Waals surface area contributed by atoms with Crippen LogP contribution in [0.5, 0.6) is 11.5 Å². The Morgan fingerprint density at radius 1 is 1.12 bits per heavy atom. The Hall–Kier alpha value is -5.89. The number of aryl methyl sites for hydroxylation is 1.